The van der Waals surface area contributed by atoms with E-state index in [-0.39, 0.29) is 0 Å². The number of rotatable bonds is 5. The third-order valence-corrected chi connectivity index (χ3v) is 6.47. The number of aromatic nitrogens is 3. The minimum atomic E-state index is -0.429. The van der Waals surface area contributed by atoms with Gasteiger partial charge in [-0.25, -0.2) is 4.98 Å². The van der Waals surface area contributed by atoms with Crippen LogP contribution in [0.2, 0.25) is 0 Å². The van der Waals surface area contributed by atoms with Crippen molar-refractivity contribution >= 4 is 22.6 Å². The summed E-state index contributed by atoms with van der Waals surface area (Å²) >= 11 is 0. The molecule has 0 saturated carbocycles. The fourth-order valence-electron chi connectivity index (χ4n) is 4.81. The number of benzene rings is 2. The van der Waals surface area contributed by atoms with Gasteiger partial charge in [0, 0.05) is 28.8 Å². The Balaban J connectivity index is 1.63. The van der Waals surface area contributed by atoms with E-state index in [2.05, 4.69) is 29.6 Å². The maximum Gasteiger partial charge on any atom is 0.249 e. The summed E-state index contributed by atoms with van der Waals surface area (Å²) in [6.07, 6.45) is 6.72. The molecule has 0 aliphatic heterocycles. The largest absolute Gasteiger partial charge is 0.366 e. The predicted octanol–water partition coefficient (Wildman–Crippen LogP) is 5.10. The van der Waals surface area contributed by atoms with Gasteiger partial charge in [0.15, 0.2) is 0 Å². The zero-order valence-corrected chi connectivity index (χ0v) is 19.0. The minimum Gasteiger partial charge on any atom is -0.366 e. The fourth-order valence-corrected chi connectivity index (χ4v) is 4.81. The van der Waals surface area contributed by atoms with E-state index >= 15 is 0 Å². The lowest BCUT2D eigenvalue weighted by Crippen LogP contribution is -2.15. The highest BCUT2D eigenvalue weighted by Crippen LogP contribution is 2.29. The second-order valence-electron chi connectivity index (χ2n) is 8.77. The number of carbonyl (C=O) groups is 1. The van der Waals surface area contributed by atoms with E-state index in [9.17, 15) is 4.79 Å². The van der Waals surface area contributed by atoms with Crippen LogP contribution < -0.4 is 11.1 Å². The van der Waals surface area contributed by atoms with Crippen molar-refractivity contribution in [3.8, 4) is 5.95 Å². The van der Waals surface area contributed by atoms with Gasteiger partial charge in [-0.2, -0.15) is 4.98 Å². The van der Waals surface area contributed by atoms with Gasteiger partial charge in [-0.3, -0.25) is 9.36 Å². The Labute approximate surface area is 193 Å². The second-order valence-corrected chi connectivity index (χ2v) is 8.77. The van der Waals surface area contributed by atoms with Crippen LogP contribution in [0.15, 0.2) is 54.6 Å². The molecule has 1 aliphatic carbocycles. The summed E-state index contributed by atoms with van der Waals surface area (Å²) in [5.41, 5.74) is 11.6. The van der Waals surface area contributed by atoms with Crippen molar-refractivity contribution in [2.24, 2.45) is 5.73 Å². The molecule has 0 saturated heterocycles. The average Bonchev–Trinajstić information content (AvgIpc) is 3.14. The molecule has 5 rings (SSSR count). The summed E-state index contributed by atoms with van der Waals surface area (Å²) in [5.74, 6) is 1.12. The molecule has 0 spiro atoms. The van der Waals surface area contributed by atoms with E-state index in [0.29, 0.717) is 18.1 Å². The summed E-state index contributed by atoms with van der Waals surface area (Å²) in [6, 6.07) is 18.0. The van der Waals surface area contributed by atoms with Crippen LogP contribution in [0.5, 0.6) is 0 Å². The average molecular weight is 440 g/mol. The van der Waals surface area contributed by atoms with Gasteiger partial charge in [-0.15, -0.1) is 0 Å². The molecule has 6 nitrogen and oxygen atoms in total. The van der Waals surface area contributed by atoms with Gasteiger partial charge in [0.1, 0.15) is 5.82 Å². The van der Waals surface area contributed by atoms with Crippen molar-refractivity contribution < 1.29 is 4.79 Å². The van der Waals surface area contributed by atoms with Crippen LogP contribution in [-0.2, 0) is 19.4 Å². The van der Waals surface area contributed by atoms with Gasteiger partial charge in [-0.1, -0.05) is 49.2 Å². The molecule has 1 amide bonds. The zero-order chi connectivity index (χ0) is 22.8. The Morgan fingerprint density at radius 2 is 1.79 bits per heavy atom. The third-order valence-electron chi connectivity index (χ3n) is 6.47. The van der Waals surface area contributed by atoms with Gasteiger partial charge in [0.2, 0.25) is 11.9 Å². The molecular formula is C27H29N5O. The normalized spacial score (nSPS) is 13.8. The predicted molar refractivity (Wildman–Crippen MR) is 132 cm³/mol. The molecule has 0 unspecified atom stereocenters. The molecule has 6 heteroatoms. The highest BCUT2D eigenvalue weighted by molar-refractivity contribution is 6.06. The van der Waals surface area contributed by atoms with E-state index in [1.807, 2.05) is 35.8 Å². The van der Waals surface area contributed by atoms with Crippen LogP contribution in [0.25, 0.3) is 16.9 Å². The molecule has 2 aromatic carbocycles. The van der Waals surface area contributed by atoms with Crippen LogP contribution >= 0.6 is 0 Å². The monoisotopic (exact) mass is 439 g/mol. The number of hydrogen-bond donors (Lipinski definition) is 2. The number of aryl methyl sites for hydroxylation is 2. The van der Waals surface area contributed by atoms with E-state index in [1.54, 1.807) is 6.07 Å². The maximum atomic E-state index is 12.0. The van der Waals surface area contributed by atoms with Crippen molar-refractivity contribution in [3.63, 3.8) is 0 Å². The molecule has 3 N–H and O–H groups in total. The van der Waals surface area contributed by atoms with Gasteiger partial charge >= 0.3 is 0 Å². The Kier molecular flexibility index (Phi) is 5.82. The molecule has 0 fully saturated rings. The number of primary amides is 1. The summed E-state index contributed by atoms with van der Waals surface area (Å²) in [5, 5.41) is 4.43. The molecule has 4 aromatic rings. The zero-order valence-electron chi connectivity index (χ0n) is 19.0. The Morgan fingerprint density at radius 1 is 1.00 bits per heavy atom. The molecule has 33 heavy (non-hydrogen) atoms. The molecular weight excluding hydrogens is 410 g/mol. The van der Waals surface area contributed by atoms with E-state index in [4.69, 9.17) is 15.7 Å². The van der Waals surface area contributed by atoms with Crippen molar-refractivity contribution in [1.82, 2.24) is 14.5 Å². The molecule has 2 heterocycles. The lowest BCUT2D eigenvalue weighted by molar-refractivity contribution is 0.100. The summed E-state index contributed by atoms with van der Waals surface area (Å²) in [7, 11) is 0. The van der Waals surface area contributed by atoms with Crippen LogP contribution in [-0.4, -0.2) is 20.4 Å². The molecule has 168 valence electrons. The van der Waals surface area contributed by atoms with Crippen molar-refractivity contribution in [2.75, 3.05) is 5.32 Å². The summed E-state index contributed by atoms with van der Waals surface area (Å²) in [4.78, 5) is 22.1. The van der Waals surface area contributed by atoms with Gasteiger partial charge in [0.25, 0.3) is 0 Å². The van der Waals surface area contributed by atoms with Crippen LogP contribution in [0, 0.1) is 6.92 Å². The number of nitrogens with one attached hydrogen (secondary N) is 1. The van der Waals surface area contributed by atoms with Gasteiger partial charge in [0.05, 0.1) is 11.2 Å². The first-order valence-electron chi connectivity index (χ1n) is 11.7. The number of carbonyl (C=O) groups excluding carboxylic acids is 1. The number of hydrogen-bond acceptors (Lipinski definition) is 4. The fraction of sp³-hybridized carbons (Fsp3) is 0.296. The Bertz CT molecular complexity index is 1310. The second kappa shape index (κ2) is 9.06. The van der Waals surface area contributed by atoms with Crippen LogP contribution in [0.4, 0.5) is 5.82 Å². The summed E-state index contributed by atoms with van der Waals surface area (Å²) in [6.45, 7) is 2.73. The van der Waals surface area contributed by atoms with Gasteiger partial charge in [-0.05, 0) is 56.4 Å². The quantitative estimate of drug-likeness (QED) is 0.453. The number of nitrogens with zero attached hydrogens (tertiary/aromatic N) is 3. The number of anilines is 1. The number of nitrogens with two attached hydrogens (primary N) is 1. The van der Waals surface area contributed by atoms with E-state index in [1.165, 1.54) is 24.0 Å². The summed E-state index contributed by atoms with van der Waals surface area (Å²) < 4.78 is 2.04. The first-order chi connectivity index (χ1) is 16.1. The smallest absolute Gasteiger partial charge is 0.249 e. The molecule has 0 radical (unpaired) electrons. The first kappa shape index (κ1) is 21.2. The SMILES string of the molecule is Cc1cc2c(C(N)=O)cccc2n1-c1nc2c(c(NCc3ccccc3)n1)CCCCCC2. The van der Waals surface area contributed by atoms with E-state index < -0.39 is 5.91 Å². The Morgan fingerprint density at radius 3 is 2.58 bits per heavy atom. The lowest BCUT2D eigenvalue weighted by atomic mass is 9.97. The van der Waals surface area contributed by atoms with Gasteiger partial charge < -0.3 is 11.1 Å². The lowest BCUT2D eigenvalue weighted by Gasteiger charge is -2.19. The standard InChI is InChI=1S/C27H29N5O/c1-18-16-22-20(25(28)33)13-9-15-24(22)32(18)27-30-23-14-8-3-2-7-12-21(23)26(31-27)29-17-19-10-5-4-6-11-19/h4-6,9-11,13,15-16H,2-3,7-8,12,14,17H2,1H3,(H2,28,33)(H,29,30,31). The highest BCUT2D eigenvalue weighted by atomic mass is 16.1. The van der Waals surface area contributed by atoms with Crippen LogP contribution in [0.1, 0.15) is 58.6 Å². The van der Waals surface area contributed by atoms with Crippen LogP contribution in [0.3, 0.4) is 0 Å². The first-order valence-corrected chi connectivity index (χ1v) is 11.7. The highest BCUT2D eigenvalue weighted by Gasteiger charge is 2.20. The van der Waals surface area contributed by atoms with E-state index in [0.717, 1.165) is 53.8 Å². The van der Waals surface area contributed by atoms with Crippen molar-refractivity contribution in [3.05, 3.63) is 82.7 Å². The minimum absolute atomic E-state index is 0.429. The maximum absolute atomic E-state index is 12.0. The van der Waals surface area contributed by atoms with Crippen molar-refractivity contribution in [1.29, 1.82) is 0 Å². The third kappa shape index (κ3) is 4.21. The topological polar surface area (TPSA) is 85.8 Å². The number of amides is 1. The molecule has 1 aliphatic rings. The van der Waals surface area contributed by atoms with Crippen molar-refractivity contribution in [2.45, 2.75) is 52.0 Å². The number of fused-ring (bicyclic) bond motifs is 2. The molecule has 0 bridgehead atoms. The Hall–Kier alpha value is -3.67. The molecule has 0 atom stereocenters. The molecule has 2 aromatic heterocycles.